The lowest BCUT2D eigenvalue weighted by Crippen LogP contribution is -2.39. The SMILES string of the molecule is CCCC(C)CNC1CCCC1OC. The predicted molar refractivity (Wildman–Crippen MR) is 60.5 cm³/mol. The van der Waals surface area contributed by atoms with Crippen LogP contribution in [0.3, 0.4) is 0 Å². The summed E-state index contributed by atoms with van der Waals surface area (Å²) in [6, 6.07) is 0.610. The fourth-order valence-corrected chi connectivity index (χ4v) is 2.39. The van der Waals surface area contributed by atoms with E-state index in [0.29, 0.717) is 12.1 Å². The normalized spacial score (nSPS) is 29.4. The first-order valence-electron chi connectivity index (χ1n) is 6.04. The maximum Gasteiger partial charge on any atom is 0.0724 e. The molecule has 1 N–H and O–H groups in total. The highest BCUT2D eigenvalue weighted by Gasteiger charge is 2.26. The molecule has 0 aromatic carbocycles. The van der Waals surface area contributed by atoms with Crippen molar-refractivity contribution in [3.8, 4) is 0 Å². The van der Waals surface area contributed by atoms with E-state index >= 15 is 0 Å². The summed E-state index contributed by atoms with van der Waals surface area (Å²) in [5, 5.41) is 3.64. The van der Waals surface area contributed by atoms with Crippen molar-refractivity contribution in [2.24, 2.45) is 5.92 Å². The second-order valence-electron chi connectivity index (χ2n) is 4.61. The summed E-state index contributed by atoms with van der Waals surface area (Å²) in [4.78, 5) is 0. The maximum absolute atomic E-state index is 5.45. The van der Waals surface area contributed by atoms with Crippen LogP contribution >= 0.6 is 0 Å². The van der Waals surface area contributed by atoms with Gasteiger partial charge in [-0.3, -0.25) is 0 Å². The summed E-state index contributed by atoms with van der Waals surface area (Å²) < 4.78 is 5.45. The van der Waals surface area contributed by atoms with Gasteiger partial charge >= 0.3 is 0 Å². The Bertz CT molecular complexity index is 149. The molecule has 2 heteroatoms. The Labute approximate surface area is 88.4 Å². The molecule has 3 unspecified atom stereocenters. The number of rotatable bonds is 6. The second kappa shape index (κ2) is 6.41. The van der Waals surface area contributed by atoms with Gasteiger partial charge in [0.1, 0.15) is 0 Å². The summed E-state index contributed by atoms with van der Waals surface area (Å²) in [6.07, 6.45) is 6.92. The molecule has 3 atom stereocenters. The van der Waals surface area contributed by atoms with Crippen LogP contribution in [-0.2, 0) is 4.74 Å². The first-order chi connectivity index (χ1) is 6.77. The topological polar surface area (TPSA) is 21.3 Å². The minimum Gasteiger partial charge on any atom is -0.380 e. The minimum atomic E-state index is 0.462. The third kappa shape index (κ3) is 3.58. The zero-order chi connectivity index (χ0) is 10.4. The fourth-order valence-electron chi connectivity index (χ4n) is 2.39. The molecule has 0 heterocycles. The molecule has 1 aliphatic rings. The van der Waals surface area contributed by atoms with Gasteiger partial charge in [0, 0.05) is 13.2 Å². The Kier molecular flexibility index (Phi) is 5.49. The van der Waals surface area contributed by atoms with E-state index in [2.05, 4.69) is 19.2 Å². The van der Waals surface area contributed by atoms with Crippen LogP contribution in [0.15, 0.2) is 0 Å². The Balaban J connectivity index is 2.16. The van der Waals surface area contributed by atoms with Crippen molar-refractivity contribution in [1.82, 2.24) is 5.32 Å². The monoisotopic (exact) mass is 199 g/mol. The minimum absolute atomic E-state index is 0.462. The second-order valence-corrected chi connectivity index (χ2v) is 4.61. The zero-order valence-electron chi connectivity index (χ0n) is 9.88. The number of ether oxygens (including phenoxy) is 1. The average Bonchev–Trinajstić information content (AvgIpc) is 2.62. The van der Waals surface area contributed by atoms with Gasteiger partial charge in [-0.25, -0.2) is 0 Å². The van der Waals surface area contributed by atoms with Crippen LogP contribution in [0.5, 0.6) is 0 Å². The van der Waals surface area contributed by atoms with Gasteiger partial charge in [0.05, 0.1) is 6.10 Å². The van der Waals surface area contributed by atoms with Gasteiger partial charge in [0.25, 0.3) is 0 Å². The molecule has 1 fully saturated rings. The van der Waals surface area contributed by atoms with E-state index in [1.54, 1.807) is 0 Å². The molecule has 0 amide bonds. The lowest BCUT2D eigenvalue weighted by atomic mass is 10.1. The van der Waals surface area contributed by atoms with Crippen LogP contribution in [0.1, 0.15) is 46.0 Å². The highest BCUT2D eigenvalue weighted by Crippen LogP contribution is 2.21. The van der Waals surface area contributed by atoms with E-state index in [4.69, 9.17) is 4.74 Å². The van der Waals surface area contributed by atoms with Gasteiger partial charge in [-0.05, 0) is 38.1 Å². The molecule has 0 aromatic rings. The molecular formula is C12H25NO. The van der Waals surface area contributed by atoms with Crippen molar-refractivity contribution in [1.29, 1.82) is 0 Å². The van der Waals surface area contributed by atoms with E-state index in [9.17, 15) is 0 Å². The van der Waals surface area contributed by atoms with E-state index in [1.165, 1.54) is 32.1 Å². The average molecular weight is 199 g/mol. The van der Waals surface area contributed by atoms with Crippen LogP contribution in [0, 0.1) is 5.92 Å². The molecule has 0 aromatic heterocycles. The summed E-state index contributed by atoms with van der Waals surface area (Å²) in [5.41, 5.74) is 0. The van der Waals surface area contributed by atoms with Gasteiger partial charge in [-0.1, -0.05) is 20.3 Å². The van der Waals surface area contributed by atoms with Crippen molar-refractivity contribution < 1.29 is 4.74 Å². The Morgan fingerprint density at radius 2 is 2.21 bits per heavy atom. The highest BCUT2D eigenvalue weighted by molar-refractivity contribution is 4.84. The Hall–Kier alpha value is -0.0800. The summed E-state index contributed by atoms with van der Waals surface area (Å²) in [6.45, 7) is 5.73. The molecule has 0 bridgehead atoms. The number of methoxy groups -OCH3 is 1. The molecule has 0 aliphatic heterocycles. The molecule has 14 heavy (non-hydrogen) atoms. The predicted octanol–water partition coefficient (Wildman–Crippen LogP) is 2.58. The molecule has 1 rings (SSSR count). The number of hydrogen-bond donors (Lipinski definition) is 1. The van der Waals surface area contributed by atoms with E-state index in [0.717, 1.165) is 12.5 Å². The van der Waals surface area contributed by atoms with Crippen molar-refractivity contribution in [3.05, 3.63) is 0 Å². The molecule has 1 saturated carbocycles. The van der Waals surface area contributed by atoms with Crippen LogP contribution in [0.4, 0.5) is 0 Å². The number of nitrogens with one attached hydrogen (secondary N) is 1. The van der Waals surface area contributed by atoms with Crippen molar-refractivity contribution in [2.45, 2.75) is 58.1 Å². The van der Waals surface area contributed by atoms with Crippen LogP contribution in [-0.4, -0.2) is 25.8 Å². The van der Waals surface area contributed by atoms with E-state index < -0.39 is 0 Å². The summed E-state index contributed by atoms with van der Waals surface area (Å²) in [7, 11) is 1.83. The molecule has 0 spiro atoms. The van der Waals surface area contributed by atoms with Gasteiger partial charge in [0.2, 0.25) is 0 Å². The summed E-state index contributed by atoms with van der Waals surface area (Å²) >= 11 is 0. The largest absolute Gasteiger partial charge is 0.380 e. The first-order valence-corrected chi connectivity index (χ1v) is 6.04. The first kappa shape index (κ1) is 12.0. The Morgan fingerprint density at radius 1 is 1.43 bits per heavy atom. The van der Waals surface area contributed by atoms with Gasteiger partial charge < -0.3 is 10.1 Å². The highest BCUT2D eigenvalue weighted by atomic mass is 16.5. The molecule has 0 radical (unpaired) electrons. The smallest absolute Gasteiger partial charge is 0.0724 e. The quantitative estimate of drug-likeness (QED) is 0.710. The fraction of sp³-hybridized carbons (Fsp3) is 1.00. The summed E-state index contributed by atoms with van der Waals surface area (Å²) in [5.74, 6) is 0.804. The standard InChI is InChI=1S/C12H25NO/c1-4-6-10(2)9-13-11-7-5-8-12(11)14-3/h10-13H,4-9H2,1-3H3. The third-order valence-electron chi connectivity index (χ3n) is 3.27. The third-order valence-corrected chi connectivity index (χ3v) is 3.27. The number of hydrogen-bond acceptors (Lipinski definition) is 2. The van der Waals surface area contributed by atoms with Crippen LogP contribution in [0.2, 0.25) is 0 Å². The van der Waals surface area contributed by atoms with Crippen LogP contribution in [0.25, 0.3) is 0 Å². The Morgan fingerprint density at radius 3 is 2.86 bits per heavy atom. The molecule has 1 aliphatic carbocycles. The van der Waals surface area contributed by atoms with Crippen molar-refractivity contribution >= 4 is 0 Å². The molecule has 0 saturated heterocycles. The molecular weight excluding hydrogens is 174 g/mol. The molecule has 2 nitrogen and oxygen atoms in total. The van der Waals surface area contributed by atoms with E-state index in [-0.39, 0.29) is 0 Å². The lowest BCUT2D eigenvalue weighted by Gasteiger charge is -2.21. The molecule has 84 valence electrons. The zero-order valence-corrected chi connectivity index (χ0v) is 9.88. The van der Waals surface area contributed by atoms with Crippen molar-refractivity contribution in [2.75, 3.05) is 13.7 Å². The van der Waals surface area contributed by atoms with E-state index in [1.807, 2.05) is 7.11 Å². The van der Waals surface area contributed by atoms with Gasteiger partial charge in [-0.2, -0.15) is 0 Å². The van der Waals surface area contributed by atoms with Gasteiger partial charge in [0.15, 0.2) is 0 Å². The maximum atomic E-state index is 5.45. The van der Waals surface area contributed by atoms with Gasteiger partial charge in [-0.15, -0.1) is 0 Å². The van der Waals surface area contributed by atoms with Crippen LogP contribution < -0.4 is 5.32 Å². The van der Waals surface area contributed by atoms with Crippen molar-refractivity contribution in [3.63, 3.8) is 0 Å². The lowest BCUT2D eigenvalue weighted by molar-refractivity contribution is 0.0839.